The Morgan fingerprint density at radius 2 is 2.43 bits per heavy atom. The van der Waals surface area contributed by atoms with E-state index < -0.39 is 0 Å². The maximum atomic E-state index is 5.93. The van der Waals surface area contributed by atoms with Crippen molar-refractivity contribution in [2.75, 3.05) is 17.2 Å². The van der Waals surface area contributed by atoms with Gasteiger partial charge in [0.2, 0.25) is 0 Å². The molecule has 0 spiro atoms. The molecule has 1 aromatic rings. The molecule has 3 nitrogen and oxygen atoms in total. The Bertz CT molecular complexity index is 340. The van der Waals surface area contributed by atoms with Crippen molar-refractivity contribution in [3.63, 3.8) is 0 Å². The first-order valence-corrected chi connectivity index (χ1v) is 5.65. The van der Waals surface area contributed by atoms with Crippen LogP contribution < -0.4 is 10.6 Å². The van der Waals surface area contributed by atoms with Gasteiger partial charge in [-0.2, -0.15) is 0 Å². The third-order valence-electron chi connectivity index (χ3n) is 2.69. The second-order valence-corrected chi connectivity index (χ2v) is 4.67. The molecule has 1 aromatic heterocycles. The van der Waals surface area contributed by atoms with Crippen LogP contribution in [0, 0.1) is 0 Å². The van der Waals surface area contributed by atoms with Crippen molar-refractivity contribution in [3.05, 3.63) is 16.7 Å². The summed E-state index contributed by atoms with van der Waals surface area (Å²) in [5.74, 6) is 0.929. The maximum absolute atomic E-state index is 5.93. The Labute approximate surface area is 92.4 Å². The van der Waals surface area contributed by atoms with Crippen LogP contribution in [0.15, 0.2) is 16.7 Å². The Kier molecular flexibility index (Phi) is 2.63. The van der Waals surface area contributed by atoms with Gasteiger partial charge in [0, 0.05) is 23.3 Å². The molecule has 0 aromatic carbocycles. The summed E-state index contributed by atoms with van der Waals surface area (Å²) in [7, 11) is 0. The van der Waals surface area contributed by atoms with Crippen LogP contribution in [-0.4, -0.2) is 17.6 Å². The van der Waals surface area contributed by atoms with E-state index in [1.807, 2.05) is 6.07 Å². The normalized spacial score (nSPS) is 21.6. The van der Waals surface area contributed by atoms with Crippen LogP contribution in [0.5, 0.6) is 0 Å². The minimum atomic E-state index is 0.561. The molecule has 4 heteroatoms. The molecule has 0 aliphatic carbocycles. The molecule has 2 heterocycles. The summed E-state index contributed by atoms with van der Waals surface area (Å²) >= 11 is 3.36. The number of nitrogens with two attached hydrogens (primary N) is 1. The molecule has 1 saturated heterocycles. The van der Waals surface area contributed by atoms with E-state index >= 15 is 0 Å². The van der Waals surface area contributed by atoms with Gasteiger partial charge in [-0.05, 0) is 41.8 Å². The quantitative estimate of drug-likeness (QED) is 0.839. The van der Waals surface area contributed by atoms with Gasteiger partial charge in [0.1, 0.15) is 0 Å². The highest BCUT2D eigenvalue weighted by Crippen LogP contribution is 2.29. The fourth-order valence-electron chi connectivity index (χ4n) is 1.94. The minimum absolute atomic E-state index is 0.561. The average molecular weight is 256 g/mol. The zero-order valence-electron chi connectivity index (χ0n) is 8.20. The number of nitrogens with zero attached hydrogens (tertiary/aromatic N) is 2. The van der Waals surface area contributed by atoms with E-state index in [-0.39, 0.29) is 0 Å². The third kappa shape index (κ3) is 1.71. The number of nitrogen functional groups attached to an aromatic ring is 1. The van der Waals surface area contributed by atoms with Gasteiger partial charge in [0.15, 0.2) is 5.82 Å². The van der Waals surface area contributed by atoms with Crippen LogP contribution in [0.2, 0.25) is 0 Å². The van der Waals surface area contributed by atoms with E-state index in [1.165, 1.54) is 12.8 Å². The minimum Gasteiger partial charge on any atom is -0.396 e. The Morgan fingerprint density at radius 3 is 3.00 bits per heavy atom. The van der Waals surface area contributed by atoms with E-state index in [9.17, 15) is 0 Å². The smallest absolute Gasteiger partial charge is 0.152 e. The molecule has 76 valence electrons. The van der Waals surface area contributed by atoms with Crippen molar-refractivity contribution in [1.29, 1.82) is 0 Å². The van der Waals surface area contributed by atoms with E-state index in [0.29, 0.717) is 6.04 Å². The van der Waals surface area contributed by atoms with Gasteiger partial charge < -0.3 is 10.6 Å². The summed E-state index contributed by atoms with van der Waals surface area (Å²) in [6.07, 6.45) is 4.27. The van der Waals surface area contributed by atoms with Gasteiger partial charge in [0.05, 0.1) is 5.69 Å². The van der Waals surface area contributed by atoms with Gasteiger partial charge >= 0.3 is 0 Å². The Morgan fingerprint density at radius 1 is 1.64 bits per heavy atom. The molecule has 1 aliphatic rings. The Balaban J connectivity index is 2.31. The third-order valence-corrected chi connectivity index (χ3v) is 3.12. The van der Waals surface area contributed by atoms with Crippen LogP contribution in [-0.2, 0) is 0 Å². The fourth-order valence-corrected chi connectivity index (χ4v) is 2.28. The van der Waals surface area contributed by atoms with E-state index in [0.717, 1.165) is 22.5 Å². The lowest BCUT2D eigenvalue weighted by atomic mass is 10.2. The second kappa shape index (κ2) is 3.77. The van der Waals surface area contributed by atoms with Gasteiger partial charge in [0.25, 0.3) is 0 Å². The number of anilines is 2. The van der Waals surface area contributed by atoms with E-state index in [2.05, 4.69) is 32.7 Å². The topological polar surface area (TPSA) is 42.2 Å². The molecule has 14 heavy (non-hydrogen) atoms. The van der Waals surface area contributed by atoms with Crippen LogP contribution in [0.3, 0.4) is 0 Å². The summed E-state index contributed by atoms with van der Waals surface area (Å²) in [6.45, 7) is 3.29. The number of halogens is 1. The van der Waals surface area contributed by atoms with Crippen molar-refractivity contribution in [2.24, 2.45) is 0 Å². The molecule has 2 N–H and O–H groups in total. The predicted octanol–water partition coefficient (Wildman–Crippen LogP) is 2.42. The number of hydrogen-bond donors (Lipinski definition) is 1. The predicted molar refractivity (Wildman–Crippen MR) is 62.4 cm³/mol. The summed E-state index contributed by atoms with van der Waals surface area (Å²) in [5, 5.41) is 0. The van der Waals surface area contributed by atoms with E-state index in [1.54, 1.807) is 6.20 Å². The number of pyridine rings is 1. The second-order valence-electron chi connectivity index (χ2n) is 3.75. The first-order valence-electron chi connectivity index (χ1n) is 4.86. The molecular weight excluding hydrogens is 242 g/mol. The van der Waals surface area contributed by atoms with Crippen molar-refractivity contribution in [2.45, 2.75) is 25.8 Å². The lowest BCUT2D eigenvalue weighted by Crippen LogP contribution is -2.28. The van der Waals surface area contributed by atoms with Crippen molar-refractivity contribution >= 4 is 27.4 Å². The van der Waals surface area contributed by atoms with Gasteiger partial charge in [-0.3, -0.25) is 0 Å². The average Bonchev–Trinajstić information content (AvgIpc) is 2.52. The fraction of sp³-hybridized carbons (Fsp3) is 0.500. The van der Waals surface area contributed by atoms with E-state index in [4.69, 9.17) is 5.73 Å². The van der Waals surface area contributed by atoms with Crippen LogP contribution in [0.4, 0.5) is 11.5 Å². The molecule has 1 aliphatic heterocycles. The van der Waals surface area contributed by atoms with Gasteiger partial charge in [-0.15, -0.1) is 0 Å². The number of hydrogen-bond acceptors (Lipinski definition) is 3. The SMILES string of the molecule is C[C@@H]1CCCN1c1ncc(Br)cc1N. The Hall–Kier alpha value is -0.770. The highest BCUT2D eigenvalue weighted by Gasteiger charge is 2.22. The van der Waals surface area contributed by atoms with Gasteiger partial charge in [-0.25, -0.2) is 4.98 Å². The van der Waals surface area contributed by atoms with Crippen molar-refractivity contribution in [3.8, 4) is 0 Å². The van der Waals surface area contributed by atoms with Crippen LogP contribution >= 0.6 is 15.9 Å². The lowest BCUT2D eigenvalue weighted by Gasteiger charge is -2.23. The van der Waals surface area contributed by atoms with Crippen LogP contribution in [0.25, 0.3) is 0 Å². The number of aromatic nitrogens is 1. The largest absolute Gasteiger partial charge is 0.396 e. The van der Waals surface area contributed by atoms with Crippen LogP contribution in [0.1, 0.15) is 19.8 Å². The lowest BCUT2D eigenvalue weighted by molar-refractivity contribution is 0.728. The molecule has 1 atom stereocenters. The highest BCUT2D eigenvalue weighted by molar-refractivity contribution is 9.10. The first kappa shape index (κ1) is 9.77. The summed E-state index contributed by atoms with van der Waals surface area (Å²) < 4.78 is 0.936. The van der Waals surface area contributed by atoms with Crippen molar-refractivity contribution in [1.82, 2.24) is 4.98 Å². The molecule has 0 bridgehead atoms. The van der Waals surface area contributed by atoms with Gasteiger partial charge in [-0.1, -0.05) is 0 Å². The summed E-state index contributed by atoms with van der Waals surface area (Å²) in [4.78, 5) is 6.64. The molecule has 0 unspecified atom stereocenters. The standard InChI is InChI=1S/C10H14BrN3/c1-7-3-2-4-14(7)10-9(12)5-8(11)6-13-10/h5-7H,2-4,12H2,1H3/t7-/m1/s1. The molecule has 0 saturated carbocycles. The maximum Gasteiger partial charge on any atom is 0.152 e. The molecular formula is C10H14BrN3. The number of rotatable bonds is 1. The zero-order chi connectivity index (χ0) is 10.1. The first-order chi connectivity index (χ1) is 6.68. The molecule has 2 rings (SSSR count). The summed E-state index contributed by atoms with van der Waals surface area (Å²) in [6, 6.07) is 2.47. The molecule has 0 radical (unpaired) electrons. The van der Waals surface area contributed by atoms with Crippen molar-refractivity contribution < 1.29 is 0 Å². The highest BCUT2D eigenvalue weighted by atomic mass is 79.9. The molecule has 0 amide bonds. The monoisotopic (exact) mass is 255 g/mol. The zero-order valence-corrected chi connectivity index (χ0v) is 9.79. The molecule has 1 fully saturated rings. The summed E-state index contributed by atoms with van der Waals surface area (Å²) in [5.41, 5.74) is 6.69.